The maximum atomic E-state index is 10.9. The molecule has 0 bridgehead atoms. The Morgan fingerprint density at radius 3 is 2.76 bits per heavy atom. The van der Waals surface area contributed by atoms with Gasteiger partial charge in [-0.25, -0.2) is 4.68 Å². The molecular formula is C13H14Cl2N4O2. The maximum absolute atomic E-state index is 10.9. The quantitative estimate of drug-likeness (QED) is 0.881. The molecule has 2 rings (SSSR count). The van der Waals surface area contributed by atoms with Gasteiger partial charge in [-0.3, -0.25) is 4.79 Å². The Kier molecular flexibility index (Phi) is 5.14. The number of carboxylic acids is 1. The molecule has 0 amide bonds. The SMILES string of the molecule is CCC(CC(=O)O)n1nnnc1Cc1ccc(Cl)c(Cl)c1. The summed E-state index contributed by atoms with van der Waals surface area (Å²) in [5.41, 5.74) is 0.908. The van der Waals surface area contributed by atoms with Crippen LogP contribution in [0, 0.1) is 0 Å². The van der Waals surface area contributed by atoms with E-state index in [0.29, 0.717) is 28.7 Å². The molecule has 1 N–H and O–H groups in total. The third-order valence-corrected chi connectivity index (χ3v) is 3.87. The number of nitrogens with zero attached hydrogens (tertiary/aromatic N) is 4. The van der Waals surface area contributed by atoms with Gasteiger partial charge in [0.1, 0.15) is 0 Å². The van der Waals surface area contributed by atoms with Crippen molar-refractivity contribution in [3.05, 3.63) is 39.6 Å². The number of carbonyl (C=O) groups is 1. The van der Waals surface area contributed by atoms with Crippen molar-refractivity contribution >= 4 is 29.2 Å². The highest BCUT2D eigenvalue weighted by Crippen LogP contribution is 2.24. The van der Waals surface area contributed by atoms with Crippen molar-refractivity contribution in [3.63, 3.8) is 0 Å². The number of halogens is 2. The monoisotopic (exact) mass is 328 g/mol. The lowest BCUT2D eigenvalue weighted by molar-refractivity contribution is -0.138. The molecule has 1 aromatic heterocycles. The largest absolute Gasteiger partial charge is 0.481 e. The molecule has 21 heavy (non-hydrogen) atoms. The molecule has 0 radical (unpaired) electrons. The third kappa shape index (κ3) is 3.92. The Labute approximate surface area is 131 Å². The summed E-state index contributed by atoms with van der Waals surface area (Å²) >= 11 is 11.9. The van der Waals surface area contributed by atoms with Crippen LogP contribution in [0.1, 0.15) is 37.2 Å². The van der Waals surface area contributed by atoms with Gasteiger partial charge < -0.3 is 5.11 Å². The van der Waals surface area contributed by atoms with Crippen LogP contribution >= 0.6 is 23.2 Å². The topological polar surface area (TPSA) is 80.9 Å². The maximum Gasteiger partial charge on any atom is 0.305 e. The zero-order valence-corrected chi connectivity index (χ0v) is 12.8. The molecular weight excluding hydrogens is 315 g/mol. The van der Waals surface area contributed by atoms with Crippen LogP contribution in [0.25, 0.3) is 0 Å². The van der Waals surface area contributed by atoms with Crippen LogP contribution < -0.4 is 0 Å². The summed E-state index contributed by atoms with van der Waals surface area (Å²) in [5, 5.41) is 21.4. The van der Waals surface area contributed by atoms with E-state index in [1.165, 1.54) is 0 Å². The van der Waals surface area contributed by atoms with Crippen LogP contribution in [0.3, 0.4) is 0 Å². The first kappa shape index (κ1) is 15.7. The van der Waals surface area contributed by atoms with E-state index < -0.39 is 5.97 Å². The number of hydrogen-bond acceptors (Lipinski definition) is 4. The zero-order chi connectivity index (χ0) is 15.4. The van der Waals surface area contributed by atoms with Gasteiger partial charge in [0.25, 0.3) is 0 Å². The Morgan fingerprint density at radius 2 is 2.14 bits per heavy atom. The summed E-state index contributed by atoms with van der Waals surface area (Å²) in [6, 6.07) is 5.03. The molecule has 112 valence electrons. The van der Waals surface area contributed by atoms with Crippen molar-refractivity contribution in [1.29, 1.82) is 0 Å². The summed E-state index contributed by atoms with van der Waals surface area (Å²) in [7, 11) is 0. The molecule has 0 spiro atoms. The fourth-order valence-corrected chi connectivity index (χ4v) is 2.37. The van der Waals surface area contributed by atoms with Crippen molar-refractivity contribution in [2.24, 2.45) is 0 Å². The zero-order valence-electron chi connectivity index (χ0n) is 11.3. The lowest BCUT2D eigenvalue weighted by Crippen LogP contribution is -2.17. The molecule has 8 heteroatoms. The molecule has 1 unspecified atom stereocenters. The second kappa shape index (κ2) is 6.87. The van der Waals surface area contributed by atoms with Gasteiger partial charge in [0, 0.05) is 6.42 Å². The van der Waals surface area contributed by atoms with Crippen LogP contribution in [0.15, 0.2) is 18.2 Å². The fraction of sp³-hybridized carbons (Fsp3) is 0.385. The van der Waals surface area contributed by atoms with E-state index in [0.717, 1.165) is 5.56 Å². The van der Waals surface area contributed by atoms with Gasteiger partial charge >= 0.3 is 5.97 Å². The van der Waals surface area contributed by atoms with Gasteiger partial charge in [-0.05, 0) is 34.5 Å². The molecule has 0 saturated heterocycles. The van der Waals surface area contributed by atoms with Crippen LogP contribution in [-0.2, 0) is 11.2 Å². The van der Waals surface area contributed by atoms with E-state index >= 15 is 0 Å². The Morgan fingerprint density at radius 1 is 1.38 bits per heavy atom. The van der Waals surface area contributed by atoms with E-state index in [4.69, 9.17) is 28.3 Å². The molecule has 0 saturated carbocycles. The first-order valence-electron chi connectivity index (χ1n) is 6.43. The molecule has 0 aliphatic rings. The Hall–Kier alpha value is -1.66. The van der Waals surface area contributed by atoms with E-state index in [1.54, 1.807) is 16.8 Å². The van der Waals surface area contributed by atoms with E-state index in [-0.39, 0.29) is 12.5 Å². The third-order valence-electron chi connectivity index (χ3n) is 3.13. The molecule has 0 fully saturated rings. The van der Waals surface area contributed by atoms with Crippen molar-refractivity contribution in [3.8, 4) is 0 Å². The number of hydrogen-bond donors (Lipinski definition) is 1. The lowest BCUT2D eigenvalue weighted by atomic mass is 10.1. The van der Waals surface area contributed by atoms with Gasteiger partial charge in [0.15, 0.2) is 5.82 Å². The van der Waals surface area contributed by atoms with E-state index in [2.05, 4.69) is 15.5 Å². The predicted molar refractivity (Wildman–Crippen MR) is 78.7 cm³/mol. The predicted octanol–water partition coefficient (Wildman–Crippen LogP) is 3.00. The number of benzene rings is 1. The van der Waals surface area contributed by atoms with Gasteiger partial charge in [0.05, 0.1) is 22.5 Å². The molecule has 2 aromatic rings. The van der Waals surface area contributed by atoms with Crippen LogP contribution in [0.4, 0.5) is 0 Å². The van der Waals surface area contributed by atoms with Crippen molar-refractivity contribution in [2.45, 2.75) is 32.2 Å². The summed E-state index contributed by atoms with van der Waals surface area (Å²) < 4.78 is 1.57. The number of tetrazole rings is 1. The highest BCUT2D eigenvalue weighted by Gasteiger charge is 2.19. The summed E-state index contributed by atoms with van der Waals surface area (Å²) in [5.74, 6) is -0.278. The lowest BCUT2D eigenvalue weighted by Gasteiger charge is -2.14. The van der Waals surface area contributed by atoms with Crippen molar-refractivity contribution in [2.75, 3.05) is 0 Å². The minimum atomic E-state index is -0.877. The molecule has 0 aliphatic heterocycles. The molecule has 1 atom stereocenters. The minimum absolute atomic E-state index is 0.0179. The van der Waals surface area contributed by atoms with Crippen LogP contribution in [-0.4, -0.2) is 31.3 Å². The minimum Gasteiger partial charge on any atom is -0.481 e. The molecule has 1 heterocycles. The first-order chi connectivity index (χ1) is 10.0. The summed E-state index contributed by atoms with van der Waals surface area (Å²) in [6.07, 6.45) is 1.07. The Balaban J connectivity index is 2.23. The molecule has 6 nitrogen and oxygen atoms in total. The highest BCUT2D eigenvalue weighted by atomic mass is 35.5. The summed E-state index contributed by atoms with van der Waals surface area (Å²) in [4.78, 5) is 10.9. The normalized spacial score (nSPS) is 12.3. The second-order valence-electron chi connectivity index (χ2n) is 4.62. The number of rotatable bonds is 6. The van der Waals surface area contributed by atoms with Gasteiger partial charge in [-0.2, -0.15) is 0 Å². The average Bonchev–Trinajstić information content (AvgIpc) is 2.88. The average molecular weight is 329 g/mol. The first-order valence-corrected chi connectivity index (χ1v) is 7.19. The van der Waals surface area contributed by atoms with E-state index in [1.807, 2.05) is 13.0 Å². The van der Waals surface area contributed by atoms with Crippen LogP contribution in [0.2, 0.25) is 10.0 Å². The Bertz CT molecular complexity index is 645. The van der Waals surface area contributed by atoms with Gasteiger partial charge in [0.2, 0.25) is 0 Å². The fourth-order valence-electron chi connectivity index (χ4n) is 2.05. The standard InChI is InChI=1S/C13H14Cl2N4O2/c1-2-9(7-13(20)21)19-12(16-17-18-19)6-8-3-4-10(14)11(15)5-8/h3-5,9H,2,6-7H2,1H3,(H,20,21). The van der Waals surface area contributed by atoms with Crippen LogP contribution in [0.5, 0.6) is 0 Å². The molecule has 1 aromatic carbocycles. The van der Waals surface area contributed by atoms with Gasteiger partial charge in [-0.1, -0.05) is 36.2 Å². The van der Waals surface area contributed by atoms with Crippen molar-refractivity contribution < 1.29 is 9.90 Å². The summed E-state index contributed by atoms with van der Waals surface area (Å²) in [6.45, 7) is 1.90. The number of aliphatic carboxylic acids is 1. The van der Waals surface area contributed by atoms with Crippen molar-refractivity contribution in [1.82, 2.24) is 20.2 Å². The second-order valence-corrected chi connectivity index (χ2v) is 5.44. The molecule has 0 aliphatic carbocycles. The van der Waals surface area contributed by atoms with E-state index in [9.17, 15) is 4.79 Å². The number of aromatic nitrogens is 4. The smallest absolute Gasteiger partial charge is 0.305 e. The number of carboxylic acid groups (broad SMARTS) is 1. The highest BCUT2D eigenvalue weighted by molar-refractivity contribution is 6.42. The van der Waals surface area contributed by atoms with Gasteiger partial charge in [-0.15, -0.1) is 5.10 Å².